The molecular weight excluding hydrogens is 473 g/mol. The van der Waals surface area contributed by atoms with Crippen molar-refractivity contribution in [2.45, 2.75) is 25.2 Å². The van der Waals surface area contributed by atoms with E-state index in [0.29, 0.717) is 17.9 Å². The van der Waals surface area contributed by atoms with Crippen molar-refractivity contribution < 1.29 is 28.2 Å². The highest BCUT2D eigenvalue weighted by atomic mass is 32.1. The lowest BCUT2D eigenvalue weighted by Crippen LogP contribution is -2.39. The molecule has 2 aliphatic heterocycles. The second-order valence-electron chi connectivity index (χ2n) is 8.64. The molecule has 10 heteroatoms. The summed E-state index contributed by atoms with van der Waals surface area (Å²) < 4.78 is 24.5. The van der Waals surface area contributed by atoms with E-state index in [2.05, 4.69) is 29.3 Å². The normalized spacial score (nSPS) is 21.6. The zero-order valence-corrected chi connectivity index (χ0v) is 20.5. The number of morpholine rings is 1. The first-order valence-corrected chi connectivity index (χ1v) is 12.5. The minimum absolute atomic E-state index is 0.0609. The average molecular weight is 504 g/mol. The van der Waals surface area contributed by atoms with Gasteiger partial charge in [-0.1, -0.05) is 12.1 Å². The van der Waals surface area contributed by atoms with Crippen LogP contribution < -0.4 is 5.32 Å². The van der Waals surface area contributed by atoms with Crippen LogP contribution >= 0.6 is 11.3 Å². The largest absolute Gasteiger partial charge is 0.379 e. The van der Waals surface area contributed by atoms with E-state index in [4.69, 9.17) is 9.47 Å². The van der Waals surface area contributed by atoms with Gasteiger partial charge in [0.1, 0.15) is 25.2 Å². The third kappa shape index (κ3) is 6.32. The number of hydrogen-bond acceptors (Lipinski definition) is 7. The van der Waals surface area contributed by atoms with E-state index >= 15 is 0 Å². The van der Waals surface area contributed by atoms with Crippen LogP contribution in [0, 0.1) is 0 Å². The maximum Gasteiger partial charge on any atom is 0.251 e. The van der Waals surface area contributed by atoms with E-state index < -0.39 is 18.2 Å². The predicted molar refractivity (Wildman–Crippen MR) is 130 cm³/mol. The van der Waals surface area contributed by atoms with Crippen LogP contribution in [0.25, 0.3) is 10.4 Å². The molecule has 8 nitrogen and oxygen atoms in total. The molecule has 1 aromatic carbocycles. The molecule has 4 rings (SSSR count). The third-order valence-electron chi connectivity index (χ3n) is 6.39. The van der Waals surface area contributed by atoms with Crippen LogP contribution in [0.3, 0.4) is 0 Å². The van der Waals surface area contributed by atoms with Crippen LogP contribution in [0.15, 0.2) is 36.4 Å². The lowest BCUT2D eigenvalue weighted by atomic mass is 10.1. The Kier molecular flexibility index (Phi) is 8.61. The molecule has 2 aromatic rings. The average Bonchev–Trinajstić information content (AvgIpc) is 3.53. The SMILES string of the molecule is CC(c1ccc(-c2ccc(C(=O)NCC(=O)N3C[C@H](OCC=O)[C@@H](F)C3)cc2)s1)N1CCOCC1. The van der Waals surface area contributed by atoms with E-state index in [1.165, 1.54) is 9.78 Å². The highest BCUT2D eigenvalue weighted by Crippen LogP contribution is 2.34. The van der Waals surface area contributed by atoms with Crippen molar-refractivity contribution in [3.05, 3.63) is 46.8 Å². The molecule has 0 spiro atoms. The summed E-state index contributed by atoms with van der Waals surface area (Å²) in [6.07, 6.45) is -1.62. The molecule has 3 atom stereocenters. The van der Waals surface area contributed by atoms with Crippen LogP contribution in [-0.2, 0) is 19.1 Å². The number of ether oxygens (including phenoxy) is 2. The number of amides is 2. The summed E-state index contributed by atoms with van der Waals surface area (Å²) in [4.78, 5) is 41.4. The summed E-state index contributed by atoms with van der Waals surface area (Å²) in [5.41, 5.74) is 1.47. The van der Waals surface area contributed by atoms with Crippen LogP contribution in [0.1, 0.15) is 28.2 Å². The Bertz CT molecular complexity index is 1020. The second-order valence-corrected chi connectivity index (χ2v) is 9.75. The first kappa shape index (κ1) is 25.4. The summed E-state index contributed by atoms with van der Waals surface area (Å²) in [6.45, 7) is 5.11. The molecule has 0 saturated carbocycles. The van der Waals surface area contributed by atoms with Crippen LogP contribution in [0.4, 0.5) is 4.39 Å². The zero-order chi connectivity index (χ0) is 24.8. The Labute approximate surface area is 208 Å². The van der Waals surface area contributed by atoms with Gasteiger partial charge in [0.25, 0.3) is 5.91 Å². The molecule has 0 aliphatic carbocycles. The summed E-state index contributed by atoms with van der Waals surface area (Å²) >= 11 is 1.74. The number of benzene rings is 1. The first-order valence-electron chi connectivity index (χ1n) is 11.7. The van der Waals surface area contributed by atoms with E-state index in [0.717, 1.165) is 36.7 Å². The molecule has 0 bridgehead atoms. The molecule has 2 fully saturated rings. The number of aldehydes is 1. The van der Waals surface area contributed by atoms with Gasteiger partial charge in [0.2, 0.25) is 5.91 Å². The molecule has 0 radical (unpaired) electrons. The maximum absolute atomic E-state index is 14.0. The molecule has 1 N–H and O–H groups in total. The van der Waals surface area contributed by atoms with E-state index in [9.17, 15) is 18.8 Å². The summed E-state index contributed by atoms with van der Waals surface area (Å²) in [5.74, 6) is -0.766. The fraction of sp³-hybridized carbons (Fsp3) is 0.480. The Balaban J connectivity index is 1.29. The Morgan fingerprint density at radius 2 is 1.94 bits per heavy atom. The van der Waals surface area contributed by atoms with E-state index in [-0.39, 0.29) is 32.1 Å². The fourth-order valence-electron chi connectivity index (χ4n) is 4.29. The van der Waals surface area contributed by atoms with Crippen molar-refractivity contribution in [2.75, 3.05) is 52.5 Å². The fourth-order valence-corrected chi connectivity index (χ4v) is 5.39. The highest BCUT2D eigenvalue weighted by Gasteiger charge is 2.36. The second kappa shape index (κ2) is 11.9. The number of nitrogens with zero attached hydrogens (tertiary/aromatic N) is 2. The molecule has 35 heavy (non-hydrogen) atoms. The zero-order valence-electron chi connectivity index (χ0n) is 19.7. The lowest BCUT2D eigenvalue weighted by molar-refractivity contribution is -0.129. The molecule has 188 valence electrons. The number of likely N-dealkylation sites (tertiary alicyclic amines) is 1. The molecule has 1 aromatic heterocycles. The molecule has 1 unspecified atom stereocenters. The van der Waals surface area contributed by atoms with Gasteiger partial charge >= 0.3 is 0 Å². The van der Waals surface area contributed by atoms with Crippen molar-refractivity contribution in [3.8, 4) is 10.4 Å². The topological polar surface area (TPSA) is 88.2 Å². The molecule has 2 saturated heterocycles. The van der Waals surface area contributed by atoms with Crippen molar-refractivity contribution in [1.29, 1.82) is 0 Å². The molecule has 2 amide bonds. The van der Waals surface area contributed by atoms with Gasteiger partial charge in [0.15, 0.2) is 0 Å². The van der Waals surface area contributed by atoms with Gasteiger partial charge in [-0.2, -0.15) is 0 Å². The number of carbonyl (C=O) groups is 3. The molecule has 2 aliphatic rings. The number of hydrogen-bond donors (Lipinski definition) is 1. The minimum atomic E-state index is -1.35. The highest BCUT2D eigenvalue weighted by molar-refractivity contribution is 7.15. The Morgan fingerprint density at radius 1 is 1.20 bits per heavy atom. The number of carbonyl (C=O) groups excluding carboxylic acids is 3. The number of nitrogens with one attached hydrogen (secondary N) is 1. The van der Waals surface area contributed by atoms with Gasteiger partial charge in [-0.05, 0) is 36.8 Å². The van der Waals surface area contributed by atoms with Crippen molar-refractivity contribution in [1.82, 2.24) is 15.1 Å². The van der Waals surface area contributed by atoms with Gasteiger partial charge in [0, 0.05) is 41.0 Å². The Hall–Kier alpha value is -2.66. The number of rotatable bonds is 9. The molecular formula is C25H30FN3O5S. The van der Waals surface area contributed by atoms with Crippen LogP contribution in [0.2, 0.25) is 0 Å². The lowest BCUT2D eigenvalue weighted by Gasteiger charge is -2.31. The maximum atomic E-state index is 14.0. The van der Waals surface area contributed by atoms with Gasteiger partial charge in [0.05, 0.1) is 26.3 Å². The van der Waals surface area contributed by atoms with Gasteiger partial charge in [-0.25, -0.2) is 4.39 Å². The summed E-state index contributed by atoms with van der Waals surface area (Å²) in [6, 6.07) is 11.8. The number of halogens is 1. The monoisotopic (exact) mass is 503 g/mol. The Morgan fingerprint density at radius 3 is 2.66 bits per heavy atom. The molecule has 3 heterocycles. The van der Waals surface area contributed by atoms with Crippen molar-refractivity contribution in [3.63, 3.8) is 0 Å². The predicted octanol–water partition coefficient (Wildman–Crippen LogP) is 2.30. The van der Waals surface area contributed by atoms with Crippen LogP contribution in [0.5, 0.6) is 0 Å². The van der Waals surface area contributed by atoms with Crippen LogP contribution in [-0.4, -0.2) is 92.7 Å². The van der Waals surface area contributed by atoms with Gasteiger partial charge in [-0.3, -0.25) is 14.5 Å². The minimum Gasteiger partial charge on any atom is -0.379 e. The van der Waals surface area contributed by atoms with E-state index in [1.54, 1.807) is 23.5 Å². The first-order chi connectivity index (χ1) is 17.0. The third-order valence-corrected chi connectivity index (χ3v) is 7.70. The number of alkyl halides is 1. The van der Waals surface area contributed by atoms with Gasteiger partial charge in [-0.15, -0.1) is 11.3 Å². The smallest absolute Gasteiger partial charge is 0.251 e. The van der Waals surface area contributed by atoms with Crippen molar-refractivity contribution >= 4 is 29.4 Å². The quantitative estimate of drug-likeness (QED) is 0.529. The standard InChI is InChI=1S/C25H30FN3O5S/c1-17(28-8-11-33-12-9-28)22-6-7-23(35-22)18-2-4-19(5-3-18)25(32)27-14-24(31)29-15-20(26)21(16-29)34-13-10-30/h2-7,10,17,20-21H,8-9,11-16H2,1H3,(H,27,32)/t17?,20-,21-/m0/s1. The summed E-state index contributed by atoms with van der Waals surface area (Å²) in [7, 11) is 0. The number of thiophene rings is 1. The van der Waals surface area contributed by atoms with Crippen molar-refractivity contribution in [2.24, 2.45) is 0 Å². The van der Waals surface area contributed by atoms with E-state index in [1.807, 2.05) is 12.1 Å². The summed E-state index contributed by atoms with van der Waals surface area (Å²) in [5, 5.41) is 2.60. The van der Waals surface area contributed by atoms with Gasteiger partial charge < -0.3 is 24.5 Å².